The van der Waals surface area contributed by atoms with E-state index in [4.69, 9.17) is 9.47 Å². The molecule has 3 aromatic carbocycles. The Hall–Kier alpha value is -2.71. The molecule has 0 aliphatic carbocycles. The van der Waals surface area contributed by atoms with E-state index < -0.39 is 6.10 Å². The lowest BCUT2D eigenvalue weighted by atomic mass is 9.94. The second kappa shape index (κ2) is 13.4. The average Bonchev–Trinajstić information content (AvgIpc) is 2.90. The van der Waals surface area contributed by atoms with E-state index in [-0.39, 0.29) is 30.0 Å². The predicted molar refractivity (Wildman–Crippen MR) is 152 cm³/mol. The number of β-amino-alcohol motifs (C(OH)–C–C–N with tert-alkyl or cyclic N) is 1. The van der Waals surface area contributed by atoms with Crippen LogP contribution in [0.5, 0.6) is 0 Å². The minimum absolute atomic E-state index is 0.163. The normalized spacial score (nSPS) is 13.3. The van der Waals surface area contributed by atoms with Crippen molar-refractivity contribution in [2.24, 2.45) is 0 Å². The largest absolute Gasteiger partial charge is 0.465 e. The highest BCUT2D eigenvalue weighted by Gasteiger charge is 2.21. The molecule has 2 unspecified atom stereocenters. The van der Waals surface area contributed by atoms with E-state index in [9.17, 15) is 14.3 Å². The van der Waals surface area contributed by atoms with Crippen molar-refractivity contribution < 1.29 is 23.8 Å². The molecule has 0 fully saturated rings. The second-order valence-electron chi connectivity index (χ2n) is 10.1. The molecule has 0 heterocycles. The number of nitrogens with one attached hydrogen (secondary N) is 1. The number of halogens is 1. The van der Waals surface area contributed by atoms with Gasteiger partial charge in [-0.25, -0.2) is 9.18 Å². The van der Waals surface area contributed by atoms with Crippen molar-refractivity contribution >= 4 is 17.7 Å². The summed E-state index contributed by atoms with van der Waals surface area (Å²) >= 11 is 1.39. The van der Waals surface area contributed by atoms with Crippen LogP contribution in [0.25, 0.3) is 11.1 Å². The highest BCUT2D eigenvalue weighted by atomic mass is 32.2. The maximum atomic E-state index is 14.2. The Morgan fingerprint density at radius 1 is 1.13 bits per heavy atom. The molecule has 0 spiro atoms. The van der Waals surface area contributed by atoms with E-state index in [0.29, 0.717) is 23.4 Å². The average molecular weight is 540 g/mol. The molecule has 2 N–H and O–H groups in total. The summed E-state index contributed by atoms with van der Waals surface area (Å²) in [5, 5.41) is 14.0. The Balaban J connectivity index is 1.59. The summed E-state index contributed by atoms with van der Waals surface area (Å²) in [5.74, 6) is -0.562. The van der Waals surface area contributed by atoms with E-state index in [2.05, 4.69) is 5.32 Å². The number of ether oxygens (including phenoxy) is 2. The molecule has 0 saturated carbocycles. The van der Waals surface area contributed by atoms with Crippen molar-refractivity contribution in [2.45, 2.75) is 56.8 Å². The molecule has 0 radical (unpaired) electrons. The van der Waals surface area contributed by atoms with E-state index in [1.807, 2.05) is 82.5 Å². The molecule has 0 aromatic heterocycles. The van der Waals surface area contributed by atoms with Gasteiger partial charge in [-0.15, -0.1) is 11.8 Å². The van der Waals surface area contributed by atoms with Crippen LogP contribution < -0.4 is 5.32 Å². The number of esters is 1. The first-order valence-electron chi connectivity index (χ1n) is 12.7. The van der Waals surface area contributed by atoms with Gasteiger partial charge in [0.25, 0.3) is 0 Å². The molecule has 3 aromatic rings. The number of hydrogen-bond acceptors (Lipinski definition) is 6. The fourth-order valence-corrected chi connectivity index (χ4v) is 4.93. The van der Waals surface area contributed by atoms with Gasteiger partial charge in [-0.2, -0.15) is 0 Å². The number of hydrogen-bond donors (Lipinski definition) is 2. The van der Waals surface area contributed by atoms with Crippen LogP contribution in [0.4, 0.5) is 4.39 Å². The lowest BCUT2D eigenvalue weighted by molar-refractivity contribution is -0.00397. The molecule has 0 aliphatic rings. The van der Waals surface area contributed by atoms with Crippen molar-refractivity contribution in [3.63, 3.8) is 0 Å². The second-order valence-corrected chi connectivity index (χ2v) is 11.0. The topological polar surface area (TPSA) is 67.8 Å². The van der Waals surface area contributed by atoms with Crippen LogP contribution in [-0.4, -0.2) is 49.2 Å². The van der Waals surface area contributed by atoms with Crippen molar-refractivity contribution in [3.8, 4) is 11.1 Å². The third-order valence-electron chi connectivity index (χ3n) is 6.56. The minimum Gasteiger partial charge on any atom is -0.465 e. The molecule has 38 heavy (non-hydrogen) atoms. The number of carbonyl (C=O) groups is 1. The summed E-state index contributed by atoms with van der Waals surface area (Å²) in [6.07, 6.45) is 1.52. The fraction of sp³-hybridized carbons (Fsp3) is 0.387. The molecule has 0 aliphatic heterocycles. The van der Waals surface area contributed by atoms with Crippen LogP contribution in [0.1, 0.15) is 53.9 Å². The summed E-state index contributed by atoms with van der Waals surface area (Å²) in [7, 11) is 1.38. The van der Waals surface area contributed by atoms with Crippen molar-refractivity contribution in [1.82, 2.24) is 5.32 Å². The number of carbonyl (C=O) groups excluding carboxylic acids is 1. The Morgan fingerprint density at radius 3 is 2.53 bits per heavy atom. The number of methoxy groups -OCH3 is 1. The van der Waals surface area contributed by atoms with Crippen LogP contribution in [0.2, 0.25) is 0 Å². The fourth-order valence-electron chi connectivity index (χ4n) is 4.48. The third-order valence-corrected chi connectivity index (χ3v) is 7.33. The maximum absolute atomic E-state index is 14.2. The molecule has 3 rings (SSSR count). The van der Waals surface area contributed by atoms with Gasteiger partial charge in [0.2, 0.25) is 0 Å². The first-order chi connectivity index (χ1) is 18.0. The van der Waals surface area contributed by atoms with Crippen LogP contribution in [-0.2, 0) is 15.9 Å². The van der Waals surface area contributed by atoms with Crippen molar-refractivity contribution in [3.05, 3.63) is 88.7 Å². The molecular formula is C31H38FNO4S. The van der Waals surface area contributed by atoms with Crippen molar-refractivity contribution in [2.75, 3.05) is 26.5 Å². The smallest absolute Gasteiger partial charge is 0.338 e. The Kier molecular flexibility index (Phi) is 10.5. The standard InChI is InChI=1S/C31H38FNO4S/c1-20-15-23(12-13-25(20)30(35)36-5)27-10-8-7-9-26(27)21(2)37-19-24(34)18-33-31(3,4)17-22-11-14-29(38-6)28(32)16-22/h7-16,21,24,33-34H,17-19H2,1-6H3. The van der Waals surface area contributed by atoms with Gasteiger partial charge in [0, 0.05) is 17.0 Å². The minimum atomic E-state index is -0.707. The quantitative estimate of drug-likeness (QED) is 0.206. The summed E-state index contributed by atoms with van der Waals surface area (Å²) < 4.78 is 25.1. The van der Waals surface area contributed by atoms with Gasteiger partial charge < -0.3 is 19.9 Å². The summed E-state index contributed by atoms with van der Waals surface area (Å²) in [5.41, 5.74) is 4.93. The summed E-state index contributed by atoms with van der Waals surface area (Å²) in [4.78, 5) is 12.6. The van der Waals surface area contributed by atoms with Crippen molar-refractivity contribution in [1.29, 1.82) is 0 Å². The molecule has 2 atom stereocenters. The highest BCUT2D eigenvalue weighted by Crippen LogP contribution is 2.31. The van der Waals surface area contributed by atoms with Gasteiger partial charge in [0.1, 0.15) is 5.82 Å². The van der Waals surface area contributed by atoms with Gasteiger partial charge in [-0.1, -0.05) is 42.5 Å². The lowest BCUT2D eigenvalue weighted by Crippen LogP contribution is -2.46. The number of benzene rings is 3. The lowest BCUT2D eigenvalue weighted by Gasteiger charge is -2.28. The van der Waals surface area contributed by atoms with Gasteiger partial charge in [0.15, 0.2) is 0 Å². The number of rotatable bonds is 12. The van der Waals surface area contributed by atoms with E-state index >= 15 is 0 Å². The van der Waals surface area contributed by atoms with E-state index in [0.717, 1.165) is 27.8 Å². The summed E-state index contributed by atoms with van der Waals surface area (Å²) in [6, 6.07) is 19.0. The Labute approximate surface area is 229 Å². The third kappa shape index (κ3) is 7.90. The van der Waals surface area contributed by atoms with Gasteiger partial charge in [-0.3, -0.25) is 0 Å². The molecule has 7 heteroatoms. The Morgan fingerprint density at radius 2 is 1.87 bits per heavy atom. The SMILES string of the molecule is COC(=O)c1ccc(-c2ccccc2C(C)OCC(O)CNC(C)(C)Cc2ccc(SC)c(F)c2)cc1C. The molecule has 5 nitrogen and oxygen atoms in total. The van der Waals surface area contributed by atoms with Gasteiger partial charge >= 0.3 is 5.97 Å². The molecular weight excluding hydrogens is 501 g/mol. The first-order valence-corrected chi connectivity index (χ1v) is 13.9. The van der Waals surface area contributed by atoms with Crippen LogP contribution >= 0.6 is 11.8 Å². The number of aryl methyl sites for hydroxylation is 1. The molecule has 0 bridgehead atoms. The van der Waals surface area contributed by atoms with Crippen LogP contribution in [0, 0.1) is 12.7 Å². The number of aliphatic hydroxyl groups is 1. The van der Waals surface area contributed by atoms with Crippen LogP contribution in [0.15, 0.2) is 65.6 Å². The monoisotopic (exact) mass is 539 g/mol. The summed E-state index contributed by atoms with van der Waals surface area (Å²) in [6.45, 7) is 8.43. The zero-order chi connectivity index (χ0) is 27.9. The first kappa shape index (κ1) is 29.8. The predicted octanol–water partition coefficient (Wildman–Crippen LogP) is 6.36. The highest BCUT2D eigenvalue weighted by molar-refractivity contribution is 7.98. The Bertz CT molecular complexity index is 1250. The number of aliphatic hydroxyl groups excluding tert-OH is 1. The number of thioether (sulfide) groups is 1. The van der Waals surface area contributed by atoms with Gasteiger partial charge in [-0.05, 0) is 86.4 Å². The molecule has 0 amide bonds. The van der Waals surface area contributed by atoms with E-state index in [1.54, 1.807) is 12.1 Å². The zero-order valence-electron chi connectivity index (χ0n) is 23.0. The van der Waals surface area contributed by atoms with E-state index in [1.165, 1.54) is 18.9 Å². The van der Waals surface area contributed by atoms with Gasteiger partial charge in [0.05, 0.1) is 31.5 Å². The molecule has 204 valence electrons. The van der Waals surface area contributed by atoms with Crippen LogP contribution in [0.3, 0.4) is 0 Å². The maximum Gasteiger partial charge on any atom is 0.338 e. The molecule has 0 saturated heterocycles. The zero-order valence-corrected chi connectivity index (χ0v) is 23.8.